The van der Waals surface area contributed by atoms with Crippen LogP contribution in [0.2, 0.25) is 0 Å². The van der Waals surface area contributed by atoms with E-state index in [2.05, 4.69) is 31.8 Å². The molecule has 0 spiro atoms. The Bertz CT molecular complexity index is 839. The number of nitrogens with one attached hydrogen (secondary N) is 2. The summed E-state index contributed by atoms with van der Waals surface area (Å²) in [5.74, 6) is -0.984. The van der Waals surface area contributed by atoms with Crippen molar-refractivity contribution in [2.75, 3.05) is 13.7 Å². The summed E-state index contributed by atoms with van der Waals surface area (Å²) in [5, 5.41) is 6.73. The fraction of sp³-hybridized carbons (Fsp3) is 0.211. The first-order valence-electron chi connectivity index (χ1n) is 8.09. The quantitative estimate of drug-likeness (QED) is 0.447. The van der Waals surface area contributed by atoms with E-state index in [9.17, 15) is 9.59 Å². The van der Waals surface area contributed by atoms with Crippen LogP contribution in [0.1, 0.15) is 17.0 Å². The van der Waals surface area contributed by atoms with Gasteiger partial charge >= 0.3 is 0 Å². The van der Waals surface area contributed by atoms with E-state index in [4.69, 9.17) is 4.74 Å². The molecule has 3 rings (SSSR count). The van der Waals surface area contributed by atoms with Crippen LogP contribution in [0.5, 0.6) is 5.75 Å². The van der Waals surface area contributed by atoms with Gasteiger partial charge in [0.25, 0.3) is 5.91 Å². The van der Waals surface area contributed by atoms with E-state index in [1.807, 2.05) is 42.5 Å². The van der Waals surface area contributed by atoms with Gasteiger partial charge in [0.05, 0.1) is 17.8 Å². The summed E-state index contributed by atoms with van der Waals surface area (Å²) in [5.41, 5.74) is 4.21. The van der Waals surface area contributed by atoms with Crippen LogP contribution in [0.4, 0.5) is 0 Å². The van der Waals surface area contributed by atoms with Gasteiger partial charge in [-0.15, -0.1) is 0 Å². The fourth-order valence-electron chi connectivity index (χ4n) is 2.94. The summed E-state index contributed by atoms with van der Waals surface area (Å²) in [7, 11) is 1.59. The lowest BCUT2D eigenvalue weighted by atomic mass is 9.88. The van der Waals surface area contributed by atoms with Gasteiger partial charge in [-0.2, -0.15) is 5.10 Å². The van der Waals surface area contributed by atoms with Crippen molar-refractivity contribution in [3.05, 3.63) is 64.1 Å². The molecule has 1 aliphatic heterocycles. The molecule has 0 saturated carbocycles. The monoisotopic (exact) mass is 415 g/mol. The first-order valence-corrected chi connectivity index (χ1v) is 8.88. The molecule has 0 aliphatic carbocycles. The summed E-state index contributed by atoms with van der Waals surface area (Å²) in [6, 6.07) is 15.0. The number of hydrazone groups is 1. The highest BCUT2D eigenvalue weighted by Gasteiger charge is 2.40. The minimum absolute atomic E-state index is 0.200. The molecule has 2 N–H and O–H groups in total. The molecule has 1 heterocycles. The second-order valence-electron chi connectivity index (χ2n) is 5.87. The fourth-order valence-corrected chi connectivity index (χ4v) is 3.49. The number of benzene rings is 2. The zero-order chi connectivity index (χ0) is 18.5. The molecule has 2 aromatic rings. The Kier molecular flexibility index (Phi) is 5.68. The topological polar surface area (TPSA) is 79.8 Å². The maximum atomic E-state index is 12.5. The molecule has 2 aromatic carbocycles. The molecule has 1 saturated heterocycles. The second kappa shape index (κ2) is 8.14. The van der Waals surface area contributed by atoms with Crippen molar-refractivity contribution in [2.45, 2.75) is 5.92 Å². The van der Waals surface area contributed by atoms with Gasteiger partial charge in [-0.1, -0.05) is 30.3 Å². The van der Waals surface area contributed by atoms with Crippen LogP contribution < -0.4 is 15.5 Å². The number of halogens is 1. The number of hydrogen-bond donors (Lipinski definition) is 2. The largest absolute Gasteiger partial charge is 0.496 e. The Balaban J connectivity index is 1.68. The number of rotatable bonds is 5. The van der Waals surface area contributed by atoms with Crippen molar-refractivity contribution in [2.24, 2.45) is 11.0 Å². The van der Waals surface area contributed by atoms with E-state index < -0.39 is 11.8 Å². The van der Waals surface area contributed by atoms with Crippen molar-refractivity contribution in [3.63, 3.8) is 0 Å². The summed E-state index contributed by atoms with van der Waals surface area (Å²) in [4.78, 5) is 24.6. The Morgan fingerprint density at radius 1 is 1.31 bits per heavy atom. The van der Waals surface area contributed by atoms with Crippen molar-refractivity contribution < 1.29 is 14.3 Å². The third-order valence-electron chi connectivity index (χ3n) is 4.26. The zero-order valence-electron chi connectivity index (χ0n) is 14.1. The minimum atomic E-state index is -0.794. The lowest BCUT2D eigenvalue weighted by Gasteiger charge is -2.15. The highest BCUT2D eigenvalue weighted by atomic mass is 79.9. The predicted octanol–water partition coefficient (Wildman–Crippen LogP) is 2.44. The van der Waals surface area contributed by atoms with Gasteiger partial charge in [-0.05, 0) is 45.3 Å². The molecule has 2 atom stereocenters. The van der Waals surface area contributed by atoms with Gasteiger partial charge in [0.1, 0.15) is 11.7 Å². The molecular weight excluding hydrogens is 398 g/mol. The normalized spacial score (nSPS) is 19.4. The third kappa shape index (κ3) is 3.94. The van der Waals surface area contributed by atoms with E-state index >= 15 is 0 Å². The number of nitrogens with zero attached hydrogens (tertiary/aromatic N) is 1. The maximum absolute atomic E-state index is 12.5. The lowest BCUT2D eigenvalue weighted by molar-refractivity contribution is -0.133. The molecular formula is C19H18BrN3O3. The van der Waals surface area contributed by atoms with Crippen LogP contribution in [-0.2, 0) is 9.59 Å². The van der Waals surface area contributed by atoms with Crippen molar-refractivity contribution >= 4 is 34.0 Å². The van der Waals surface area contributed by atoms with Crippen LogP contribution in [0.25, 0.3) is 0 Å². The number of carbonyl (C=O) groups excluding carboxylic acids is 2. The third-order valence-corrected chi connectivity index (χ3v) is 4.88. The molecule has 7 heteroatoms. The molecule has 0 bridgehead atoms. The van der Waals surface area contributed by atoms with E-state index in [0.29, 0.717) is 12.3 Å². The Morgan fingerprint density at radius 3 is 2.77 bits per heavy atom. The smallest absolute Gasteiger partial charge is 0.253 e. The number of methoxy groups -OCH3 is 1. The van der Waals surface area contributed by atoms with Crippen LogP contribution in [0.3, 0.4) is 0 Å². The minimum Gasteiger partial charge on any atom is -0.496 e. The average Bonchev–Trinajstić information content (AvgIpc) is 3.04. The van der Waals surface area contributed by atoms with Crippen LogP contribution >= 0.6 is 15.9 Å². The zero-order valence-corrected chi connectivity index (χ0v) is 15.7. The molecule has 0 radical (unpaired) electrons. The van der Waals surface area contributed by atoms with Crippen LogP contribution in [-0.4, -0.2) is 31.7 Å². The Hall–Kier alpha value is -2.67. The molecule has 0 aromatic heterocycles. The van der Waals surface area contributed by atoms with Crippen molar-refractivity contribution in [1.82, 2.24) is 10.7 Å². The Labute approximate surface area is 159 Å². The van der Waals surface area contributed by atoms with Crippen LogP contribution in [0, 0.1) is 5.92 Å². The summed E-state index contributed by atoms with van der Waals surface area (Å²) >= 11 is 3.40. The number of ether oxygens (including phenoxy) is 1. The predicted molar refractivity (Wildman–Crippen MR) is 102 cm³/mol. The standard InChI is InChI=1S/C19H18BrN3O3/c1-26-16-8-7-12(9-15(16)20)10-22-23-19(25)17-14(11-21-18(17)24)13-5-3-2-4-6-13/h2-10,14,17H,11H2,1H3,(H,21,24)(H,23,25)/t14-,17-/m1/s1. The first kappa shape index (κ1) is 18.1. The Morgan fingerprint density at radius 2 is 2.08 bits per heavy atom. The highest BCUT2D eigenvalue weighted by Crippen LogP contribution is 2.29. The van der Waals surface area contributed by atoms with Gasteiger partial charge in [-0.25, -0.2) is 5.43 Å². The number of hydrogen-bond acceptors (Lipinski definition) is 4. The van der Waals surface area contributed by atoms with Gasteiger partial charge in [0, 0.05) is 12.5 Å². The average molecular weight is 416 g/mol. The molecule has 6 nitrogen and oxygen atoms in total. The van der Waals surface area contributed by atoms with Gasteiger partial charge in [0.15, 0.2) is 0 Å². The summed E-state index contributed by atoms with van der Waals surface area (Å²) in [6.45, 7) is 0.441. The SMILES string of the molecule is COc1ccc(C=NNC(=O)[C@H]2C(=O)NC[C@@H]2c2ccccc2)cc1Br. The highest BCUT2D eigenvalue weighted by molar-refractivity contribution is 9.10. The van der Waals surface area contributed by atoms with E-state index in [1.165, 1.54) is 6.21 Å². The number of amides is 2. The van der Waals surface area contributed by atoms with Crippen molar-refractivity contribution in [3.8, 4) is 5.75 Å². The molecule has 1 aliphatic rings. The van der Waals surface area contributed by atoms with Crippen molar-refractivity contribution in [1.29, 1.82) is 0 Å². The maximum Gasteiger partial charge on any atom is 0.253 e. The van der Waals surface area contributed by atoms with E-state index in [1.54, 1.807) is 13.2 Å². The van der Waals surface area contributed by atoms with Gasteiger partial charge in [0.2, 0.25) is 5.91 Å². The molecule has 2 amide bonds. The molecule has 134 valence electrons. The van der Waals surface area contributed by atoms with E-state index in [0.717, 1.165) is 15.6 Å². The summed E-state index contributed by atoms with van der Waals surface area (Å²) in [6.07, 6.45) is 1.52. The first-order chi connectivity index (χ1) is 12.6. The van der Waals surface area contributed by atoms with Crippen LogP contribution in [0.15, 0.2) is 58.1 Å². The van der Waals surface area contributed by atoms with Gasteiger partial charge < -0.3 is 10.1 Å². The summed E-state index contributed by atoms with van der Waals surface area (Å²) < 4.78 is 5.96. The van der Waals surface area contributed by atoms with Gasteiger partial charge in [-0.3, -0.25) is 9.59 Å². The lowest BCUT2D eigenvalue weighted by Crippen LogP contribution is -2.34. The number of carbonyl (C=O) groups is 2. The molecule has 26 heavy (non-hydrogen) atoms. The molecule has 1 fully saturated rings. The molecule has 0 unspecified atom stereocenters. The van der Waals surface area contributed by atoms with E-state index in [-0.39, 0.29) is 11.8 Å². The second-order valence-corrected chi connectivity index (χ2v) is 6.72.